The Morgan fingerprint density at radius 1 is 1.23 bits per heavy atom. The molecule has 0 aliphatic rings. The van der Waals surface area contributed by atoms with E-state index >= 15 is 0 Å². The van der Waals surface area contributed by atoms with Gasteiger partial charge in [0.25, 0.3) is 0 Å². The van der Waals surface area contributed by atoms with Crippen LogP contribution in [-0.2, 0) is 0 Å². The first-order valence-electron chi connectivity index (χ1n) is 7.97. The van der Waals surface area contributed by atoms with Crippen LogP contribution in [0.15, 0.2) is 41.6 Å². The molecule has 3 aromatic rings. The summed E-state index contributed by atoms with van der Waals surface area (Å²) in [6.07, 6.45) is 0. The van der Waals surface area contributed by atoms with E-state index in [1.54, 1.807) is 25.3 Å². The second-order valence-corrected chi connectivity index (χ2v) is 7.22. The van der Waals surface area contributed by atoms with Crippen LogP contribution in [0.4, 0.5) is 0 Å². The molecular formula is C19H18ClN3O2S. The van der Waals surface area contributed by atoms with Crippen molar-refractivity contribution in [1.82, 2.24) is 15.2 Å². The molecule has 0 amide bonds. The van der Waals surface area contributed by atoms with Crippen molar-refractivity contribution in [3.8, 4) is 17.1 Å². The molecule has 3 rings (SSSR count). The summed E-state index contributed by atoms with van der Waals surface area (Å²) < 4.78 is 5.34. The van der Waals surface area contributed by atoms with Gasteiger partial charge in [-0.25, -0.2) is 4.98 Å². The number of aryl methyl sites for hydroxylation is 2. The number of carbonyl (C=O) groups excluding carboxylic acids is 1. The number of carbonyl (C=O) groups is 1. The zero-order valence-corrected chi connectivity index (χ0v) is 16.2. The summed E-state index contributed by atoms with van der Waals surface area (Å²) in [7, 11) is 1.58. The number of benzene rings is 2. The van der Waals surface area contributed by atoms with E-state index in [1.165, 1.54) is 11.8 Å². The topological polar surface area (TPSA) is 67.9 Å². The van der Waals surface area contributed by atoms with Gasteiger partial charge in [-0.2, -0.15) is 0 Å². The number of thioether (sulfide) groups is 1. The van der Waals surface area contributed by atoms with Crippen molar-refractivity contribution in [2.24, 2.45) is 0 Å². The number of nitrogens with one attached hydrogen (secondary N) is 1. The lowest BCUT2D eigenvalue weighted by Crippen LogP contribution is -2.05. The van der Waals surface area contributed by atoms with Gasteiger partial charge >= 0.3 is 0 Å². The second kappa shape index (κ2) is 7.93. The van der Waals surface area contributed by atoms with Crippen molar-refractivity contribution < 1.29 is 9.53 Å². The minimum atomic E-state index is 0.0548. The normalized spacial score (nSPS) is 10.8. The van der Waals surface area contributed by atoms with Gasteiger partial charge < -0.3 is 4.74 Å². The number of methoxy groups -OCH3 is 1. The lowest BCUT2D eigenvalue weighted by molar-refractivity contribution is 0.102. The number of halogens is 1. The SMILES string of the molecule is COc1ccc(Cl)cc1-c1nc(SCC(=O)c2ccc(C)cc2C)n[nH]1. The van der Waals surface area contributed by atoms with Crippen LogP contribution in [0.5, 0.6) is 5.75 Å². The van der Waals surface area contributed by atoms with Crippen molar-refractivity contribution in [3.05, 3.63) is 58.1 Å². The van der Waals surface area contributed by atoms with Crippen LogP contribution in [-0.4, -0.2) is 33.8 Å². The summed E-state index contributed by atoms with van der Waals surface area (Å²) in [4.78, 5) is 16.9. The molecule has 1 heterocycles. The summed E-state index contributed by atoms with van der Waals surface area (Å²) in [6, 6.07) is 11.1. The highest BCUT2D eigenvalue weighted by Gasteiger charge is 2.14. The van der Waals surface area contributed by atoms with Gasteiger partial charge in [-0.1, -0.05) is 47.1 Å². The van der Waals surface area contributed by atoms with Crippen LogP contribution in [0.2, 0.25) is 5.02 Å². The third-order valence-electron chi connectivity index (χ3n) is 3.90. The van der Waals surface area contributed by atoms with Crippen LogP contribution in [0.1, 0.15) is 21.5 Å². The van der Waals surface area contributed by atoms with E-state index in [1.807, 2.05) is 32.0 Å². The average Bonchev–Trinajstić information content (AvgIpc) is 3.08. The van der Waals surface area contributed by atoms with E-state index in [9.17, 15) is 4.79 Å². The second-order valence-electron chi connectivity index (χ2n) is 5.84. The zero-order chi connectivity index (χ0) is 18.7. The lowest BCUT2D eigenvalue weighted by atomic mass is 10.0. The van der Waals surface area contributed by atoms with Crippen molar-refractivity contribution in [2.45, 2.75) is 19.0 Å². The maximum Gasteiger partial charge on any atom is 0.209 e. The van der Waals surface area contributed by atoms with E-state index in [4.69, 9.17) is 16.3 Å². The number of ketones is 1. The summed E-state index contributed by atoms with van der Waals surface area (Å²) in [5, 5.41) is 8.13. The van der Waals surface area contributed by atoms with Gasteiger partial charge in [0.05, 0.1) is 18.4 Å². The van der Waals surface area contributed by atoms with Crippen LogP contribution < -0.4 is 4.74 Å². The van der Waals surface area contributed by atoms with Crippen LogP contribution in [0.3, 0.4) is 0 Å². The van der Waals surface area contributed by atoms with Gasteiger partial charge in [-0.05, 0) is 37.6 Å². The number of aromatic amines is 1. The van der Waals surface area contributed by atoms with Gasteiger partial charge in [0.2, 0.25) is 5.16 Å². The Bertz CT molecular complexity index is 956. The average molecular weight is 388 g/mol. The number of hydrogen-bond acceptors (Lipinski definition) is 5. The van der Waals surface area contributed by atoms with E-state index in [-0.39, 0.29) is 11.5 Å². The molecule has 0 spiro atoms. The monoisotopic (exact) mass is 387 g/mol. The minimum absolute atomic E-state index is 0.0548. The van der Waals surface area contributed by atoms with Crippen LogP contribution in [0, 0.1) is 13.8 Å². The molecule has 0 atom stereocenters. The Hall–Kier alpha value is -2.31. The summed E-state index contributed by atoms with van der Waals surface area (Å²) in [6.45, 7) is 3.95. The van der Waals surface area contributed by atoms with Gasteiger partial charge in [0.15, 0.2) is 11.6 Å². The van der Waals surface area contributed by atoms with Gasteiger partial charge in [-0.3, -0.25) is 9.89 Å². The Balaban J connectivity index is 1.73. The molecule has 0 aliphatic heterocycles. The quantitative estimate of drug-likeness (QED) is 0.489. The van der Waals surface area contributed by atoms with E-state index < -0.39 is 0 Å². The van der Waals surface area contributed by atoms with Crippen molar-refractivity contribution in [1.29, 1.82) is 0 Å². The predicted octanol–water partition coefficient (Wildman–Crippen LogP) is 4.73. The summed E-state index contributed by atoms with van der Waals surface area (Å²) >= 11 is 7.35. The molecular weight excluding hydrogens is 370 g/mol. The molecule has 26 heavy (non-hydrogen) atoms. The zero-order valence-electron chi connectivity index (χ0n) is 14.7. The largest absolute Gasteiger partial charge is 0.496 e. The highest BCUT2D eigenvalue weighted by molar-refractivity contribution is 7.99. The summed E-state index contributed by atoms with van der Waals surface area (Å²) in [5.41, 5.74) is 3.58. The molecule has 0 saturated heterocycles. The smallest absolute Gasteiger partial charge is 0.209 e. The Morgan fingerprint density at radius 3 is 2.77 bits per heavy atom. The first-order valence-corrected chi connectivity index (χ1v) is 9.34. The Labute approximate surface area is 161 Å². The molecule has 0 radical (unpaired) electrons. The molecule has 0 aliphatic carbocycles. The van der Waals surface area contributed by atoms with E-state index in [2.05, 4.69) is 15.2 Å². The highest BCUT2D eigenvalue weighted by Crippen LogP contribution is 2.31. The third-order valence-corrected chi connectivity index (χ3v) is 4.98. The molecule has 5 nitrogen and oxygen atoms in total. The molecule has 134 valence electrons. The maximum atomic E-state index is 12.4. The summed E-state index contributed by atoms with van der Waals surface area (Å²) in [5.74, 6) is 1.52. The first kappa shape index (κ1) is 18.5. The van der Waals surface area contributed by atoms with Crippen molar-refractivity contribution >= 4 is 29.1 Å². The fourth-order valence-corrected chi connectivity index (χ4v) is 3.48. The predicted molar refractivity (Wildman–Crippen MR) is 104 cm³/mol. The fraction of sp³-hybridized carbons (Fsp3) is 0.211. The number of nitrogens with zero attached hydrogens (tertiary/aromatic N) is 2. The van der Waals surface area contributed by atoms with Gasteiger partial charge in [-0.15, -0.1) is 5.10 Å². The third kappa shape index (κ3) is 4.08. The van der Waals surface area contributed by atoms with Gasteiger partial charge in [0, 0.05) is 10.6 Å². The minimum Gasteiger partial charge on any atom is -0.496 e. The fourth-order valence-electron chi connectivity index (χ4n) is 2.63. The molecule has 0 fully saturated rings. The Kier molecular flexibility index (Phi) is 5.64. The van der Waals surface area contributed by atoms with Crippen molar-refractivity contribution in [2.75, 3.05) is 12.9 Å². The molecule has 0 unspecified atom stereocenters. The number of aromatic nitrogens is 3. The molecule has 2 aromatic carbocycles. The van der Waals surface area contributed by atoms with Crippen LogP contribution >= 0.6 is 23.4 Å². The number of H-pyrrole nitrogens is 1. The molecule has 0 saturated carbocycles. The van der Waals surface area contributed by atoms with Gasteiger partial charge in [0.1, 0.15) is 5.75 Å². The lowest BCUT2D eigenvalue weighted by Gasteiger charge is -2.05. The van der Waals surface area contributed by atoms with E-state index in [0.717, 1.165) is 22.3 Å². The molecule has 1 aromatic heterocycles. The first-order chi connectivity index (χ1) is 12.5. The Morgan fingerprint density at radius 2 is 2.04 bits per heavy atom. The van der Waals surface area contributed by atoms with Crippen LogP contribution in [0.25, 0.3) is 11.4 Å². The molecule has 7 heteroatoms. The standard InChI is InChI=1S/C19H18ClN3O2S/c1-11-4-6-14(12(2)8-11)16(24)10-26-19-21-18(22-23-19)15-9-13(20)5-7-17(15)25-3/h4-9H,10H2,1-3H3,(H,21,22,23). The maximum absolute atomic E-state index is 12.4. The number of hydrogen-bond donors (Lipinski definition) is 1. The number of Topliss-reactive ketones (excluding diaryl/α,β-unsaturated/α-hetero) is 1. The van der Waals surface area contributed by atoms with Crippen molar-refractivity contribution in [3.63, 3.8) is 0 Å². The van der Waals surface area contributed by atoms with E-state index in [0.29, 0.717) is 21.8 Å². The number of ether oxygens (including phenoxy) is 1. The number of rotatable bonds is 6. The molecule has 0 bridgehead atoms. The molecule has 1 N–H and O–H groups in total. The highest BCUT2D eigenvalue weighted by atomic mass is 35.5.